The topological polar surface area (TPSA) is 65.5 Å². The Labute approximate surface area is 137 Å². The summed E-state index contributed by atoms with van der Waals surface area (Å²) in [6.45, 7) is 1.89. The third-order valence-electron chi connectivity index (χ3n) is 3.07. The highest BCUT2D eigenvalue weighted by Crippen LogP contribution is 2.24. The highest BCUT2D eigenvalue weighted by molar-refractivity contribution is 8.00. The highest BCUT2D eigenvalue weighted by Gasteiger charge is 2.17. The van der Waals surface area contributed by atoms with E-state index in [1.165, 1.54) is 11.8 Å². The molecule has 1 aromatic carbocycles. The van der Waals surface area contributed by atoms with E-state index in [-0.39, 0.29) is 17.8 Å². The van der Waals surface area contributed by atoms with Gasteiger partial charge in [-0.2, -0.15) is 0 Å². The number of thioether (sulfide) groups is 1. The van der Waals surface area contributed by atoms with Gasteiger partial charge in [0.25, 0.3) is 0 Å². The quantitative estimate of drug-likeness (QED) is 0.500. The van der Waals surface area contributed by atoms with Crippen molar-refractivity contribution in [3.05, 3.63) is 60.5 Å². The Kier molecular flexibility index (Phi) is 4.83. The molecular formula is C17H15NO4S. The molecule has 3 aromatic rings. The molecule has 0 saturated heterocycles. The van der Waals surface area contributed by atoms with Crippen LogP contribution in [0.25, 0.3) is 11.5 Å². The Morgan fingerprint density at radius 2 is 2.04 bits per heavy atom. The predicted octanol–water partition coefficient (Wildman–Crippen LogP) is 4.16. The number of carbonyl (C=O) groups excluding carboxylic acids is 1. The second kappa shape index (κ2) is 7.19. The minimum atomic E-state index is -0.297. The zero-order valence-corrected chi connectivity index (χ0v) is 13.3. The van der Waals surface area contributed by atoms with Crippen molar-refractivity contribution < 1.29 is 18.5 Å². The molecule has 0 N–H and O–H groups in total. The molecular weight excluding hydrogens is 314 g/mol. The molecule has 3 rings (SSSR count). The lowest BCUT2D eigenvalue weighted by Gasteiger charge is -2.10. The zero-order valence-electron chi connectivity index (χ0n) is 12.5. The molecule has 118 valence electrons. The Morgan fingerprint density at radius 3 is 2.78 bits per heavy atom. The van der Waals surface area contributed by atoms with Crippen molar-refractivity contribution in [3.63, 3.8) is 0 Å². The van der Waals surface area contributed by atoms with Crippen molar-refractivity contribution in [1.29, 1.82) is 0 Å². The summed E-state index contributed by atoms with van der Waals surface area (Å²) in [6, 6.07) is 15.0. The van der Waals surface area contributed by atoms with E-state index in [9.17, 15) is 4.79 Å². The number of hydrogen-bond donors (Lipinski definition) is 0. The van der Waals surface area contributed by atoms with Crippen LogP contribution in [0.1, 0.15) is 12.6 Å². The highest BCUT2D eigenvalue weighted by atomic mass is 32.2. The summed E-state index contributed by atoms with van der Waals surface area (Å²) >= 11 is 1.46. The van der Waals surface area contributed by atoms with Gasteiger partial charge in [-0.15, -0.1) is 11.8 Å². The third-order valence-corrected chi connectivity index (χ3v) is 4.16. The van der Waals surface area contributed by atoms with E-state index in [0.29, 0.717) is 17.2 Å². The van der Waals surface area contributed by atoms with E-state index in [2.05, 4.69) is 5.16 Å². The van der Waals surface area contributed by atoms with Crippen LogP contribution in [0.3, 0.4) is 0 Å². The SMILES string of the molecule is C[C@H](Sc1ccccc1)C(=O)OCc1cc(-c2ccco2)on1. The van der Waals surface area contributed by atoms with Crippen molar-refractivity contribution >= 4 is 17.7 Å². The number of aromatic nitrogens is 1. The Hall–Kier alpha value is -2.47. The summed E-state index contributed by atoms with van der Waals surface area (Å²) in [4.78, 5) is 13.1. The average Bonchev–Trinajstić information content (AvgIpc) is 3.24. The lowest BCUT2D eigenvalue weighted by molar-refractivity contribution is -0.144. The van der Waals surface area contributed by atoms with Crippen molar-refractivity contribution in [2.75, 3.05) is 0 Å². The molecule has 0 fully saturated rings. The van der Waals surface area contributed by atoms with Crippen LogP contribution < -0.4 is 0 Å². The van der Waals surface area contributed by atoms with Crippen LogP contribution in [-0.2, 0) is 16.1 Å². The maximum atomic E-state index is 12.0. The van der Waals surface area contributed by atoms with Crippen molar-refractivity contribution in [1.82, 2.24) is 5.16 Å². The first-order valence-corrected chi connectivity index (χ1v) is 7.98. The van der Waals surface area contributed by atoms with Crippen LogP contribution in [0.2, 0.25) is 0 Å². The zero-order chi connectivity index (χ0) is 16.1. The fourth-order valence-corrected chi connectivity index (χ4v) is 2.82. The maximum Gasteiger partial charge on any atom is 0.319 e. The number of rotatable bonds is 6. The molecule has 0 aliphatic heterocycles. The van der Waals surface area contributed by atoms with Gasteiger partial charge in [0.05, 0.1) is 6.26 Å². The molecule has 0 unspecified atom stereocenters. The molecule has 0 spiro atoms. The van der Waals surface area contributed by atoms with Gasteiger partial charge in [-0.05, 0) is 31.2 Å². The Morgan fingerprint density at radius 1 is 1.22 bits per heavy atom. The van der Waals surface area contributed by atoms with Gasteiger partial charge in [0.2, 0.25) is 5.76 Å². The number of esters is 1. The Balaban J connectivity index is 1.52. The summed E-state index contributed by atoms with van der Waals surface area (Å²) < 4.78 is 15.7. The molecule has 0 saturated carbocycles. The molecule has 2 aromatic heterocycles. The number of carbonyl (C=O) groups is 1. The Bertz CT molecular complexity index is 752. The van der Waals surface area contributed by atoms with E-state index in [1.54, 1.807) is 24.5 Å². The van der Waals surface area contributed by atoms with E-state index in [0.717, 1.165) is 4.90 Å². The van der Waals surface area contributed by atoms with Crippen LogP contribution >= 0.6 is 11.8 Å². The van der Waals surface area contributed by atoms with Crippen LogP contribution in [0.5, 0.6) is 0 Å². The summed E-state index contributed by atoms with van der Waals surface area (Å²) in [5.74, 6) is 0.803. The second-order valence-corrected chi connectivity index (χ2v) is 6.25. The molecule has 2 heterocycles. The third kappa shape index (κ3) is 4.04. The molecule has 1 atom stereocenters. The van der Waals surface area contributed by atoms with Crippen LogP contribution in [0.15, 0.2) is 68.6 Å². The first kappa shape index (κ1) is 15.4. The standard InChI is InChI=1S/C17H15NO4S/c1-12(23-14-6-3-2-4-7-14)17(19)21-11-13-10-16(22-18-13)15-8-5-9-20-15/h2-10,12H,11H2,1H3/t12-/m0/s1. The monoisotopic (exact) mass is 329 g/mol. The molecule has 0 amide bonds. The lowest BCUT2D eigenvalue weighted by Crippen LogP contribution is -2.16. The van der Waals surface area contributed by atoms with E-state index in [1.807, 2.05) is 37.3 Å². The summed E-state index contributed by atoms with van der Waals surface area (Å²) in [6.07, 6.45) is 1.56. The van der Waals surface area contributed by atoms with Crippen molar-refractivity contribution in [2.24, 2.45) is 0 Å². The second-order valence-electron chi connectivity index (χ2n) is 4.84. The first-order chi connectivity index (χ1) is 11.2. The molecule has 0 aliphatic carbocycles. The lowest BCUT2D eigenvalue weighted by atomic mass is 10.3. The normalized spacial score (nSPS) is 12.0. The number of furan rings is 1. The van der Waals surface area contributed by atoms with Crippen LogP contribution in [0.4, 0.5) is 0 Å². The van der Waals surface area contributed by atoms with Gasteiger partial charge in [-0.3, -0.25) is 4.79 Å². The smallest absolute Gasteiger partial charge is 0.319 e. The van der Waals surface area contributed by atoms with Gasteiger partial charge < -0.3 is 13.7 Å². The van der Waals surface area contributed by atoms with E-state index < -0.39 is 0 Å². The van der Waals surface area contributed by atoms with Gasteiger partial charge >= 0.3 is 5.97 Å². The van der Waals surface area contributed by atoms with Crippen LogP contribution in [0, 0.1) is 0 Å². The molecule has 0 radical (unpaired) electrons. The van der Waals surface area contributed by atoms with Gasteiger partial charge in [-0.1, -0.05) is 23.4 Å². The minimum Gasteiger partial charge on any atom is -0.461 e. The fourth-order valence-electron chi connectivity index (χ4n) is 1.93. The molecule has 0 aliphatic rings. The largest absolute Gasteiger partial charge is 0.461 e. The van der Waals surface area contributed by atoms with E-state index >= 15 is 0 Å². The maximum absolute atomic E-state index is 12.0. The van der Waals surface area contributed by atoms with Crippen molar-refractivity contribution in [2.45, 2.75) is 23.7 Å². The van der Waals surface area contributed by atoms with Crippen molar-refractivity contribution in [3.8, 4) is 11.5 Å². The van der Waals surface area contributed by atoms with Gasteiger partial charge in [0, 0.05) is 11.0 Å². The van der Waals surface area contributed by atoms with Gasteiger partial charge in [0.15, 0.2) is 5.76 Å². The average molecular weight is 329 g/mol. The first-order valence-electron chi connectivity index (χ1n) is 7.10. The number of nitrogens with zero attached hydrogens (tertiary/aromatic N) is 1. The van der Waals surface area contributed by atoms with Gasteiger partial charge in [0.1, 0.15) is 17.6 Å². The summed E-state index contributed by atoms with van der Waals surface area (Å²) in [5, 5.41) is 3.57. The van der Waals surface area contributed by atoms with E-state index in [4.69, 9.17) is 13.7 Å². The summed E-state index contributed by atoms with van der Waals surface area (Å²) in [5.41, 5.74) is 0.543. The molecule has 0 bridgehead atoms. The molecule has 23 heavy (non-hydrogen) atoms. The number of hydrogen-bond acceptors (Lipinski definition) is 6. The minimum absolute atomic E-state index is 0.0722. The van der Waals surface area contributed by atoms with Gasteiger partial charge in [-0.25, -0.2) is 0 Å². The number of benzene rings is 1. The number of ether oxygens (including phenoxy) is 1. The molecule has 6 heteroatoms. The summed E-state index contributed by atoms with van der Waals surface area (Å²) in [7, 11) is 0. The van der Waals surface area contributed by atoms with Crippen LogP contribution in [-0.4, -0.2) is 16.4 Å². The molecule has 5 nitrogen and oxygen atoms in total. The predicted molar refractivity (Wildman–Crippen MR) is 85.8 cm³/mol. The fraction of sp³-hybridized carbons (Fsp3) is 0.176.